The van der Waals surface area contributed by atoms with E-state index in [2.05, 4.69) is 4.98 Å². The van der Waals surface area contributed by atoms with Crippen molar-refractivity contribution in [1.82, 2.24) is 4.98 Å². The fourth-order valence-corrected chi connectivity index (χ4v) is 0.651. The van der Waals surface area contributed by atoms with Crippen LogP contribution in [0.15, 0.2) is 0 Å². The lowest BCUT2D eigenvalue weighted by Gasteiger charge is -2.11. The van der Waals surface area contributed by atoms with Crippen molar-refractivity contribution in [2.24, 2.45) is 0 Å². The van der Waals surface area contributed by atoms with E-state index in [-0.39, 0.29) is 6.29 Å². The zero-order valence-electron chi connectivity index (χ0n) is 5.64. The first kappa shape index (κ1) is 8.77. The second kappa shape index (κ2) is 2.96. The van der Waals surface area contributed by atoms with Crippen molar-refractivity contribution in [3.05, 3.63) is 23.3 Å². The van der Waals surface area contributed by atoms with Gasteiger partial charge in [-0.2, -0.15) is 13.8 Å². The predicted molar refractivity (Wildman–Crippen MR) is 34.9 cm³/mol. The van der Waals surface area contributed by atoms with E-state index in [1.54, 1.807) is 0 Å². The van der Waals surface area contributed by atoms with Gasteiger partial charge in [0.05, 0.1) is 0 Å². The number of pyridine rings is 1. The molecule has 12 heavy (non-hydrogen) atoms. The van der Waals surface area contributed by atoms with Gasteiger partial charge in [0.2, 0.25) is 0 Å². The largest absolute Gasteiger partial charge is 0.573 e. The van der Waals surface area contributed by atoms with E-state index in [1.807, 2.05) is 0 Å². The minimum Gasteiger partial charge on any atom is -0.573 e. The van der Waals surface area contributed by atoms with Crippen molar-refractivity contribution >= 4 is 19.6 Å². The van der Waals surface area contributed by atoms with Gasteiger partial charge in [-0.15, -0.1) is 0 Å². The molecular formula is C6HBF3NO-. The number of nitrogens with zero attached hydrogens (tertiary/aromatic N) is 1. The number of halogens is 3. The van der Waals surface area contributed by atoms with E-state index >= 15 is 0 Å². The fourth-order valence-electron chi connectivity index (χ4n) is 0.651. The van der Waals surface area contributed by atoms with Crippen LogP contribution in [0.3, 0.4) is 0 Å². The predicted octanol–water partition coefficient (Wildman–Crippen LogP) is 0.105. The SMILES string of the molecule is [B-]c1c(F)nc(F)c(F)c1C=O. The number of hydrogen-bond acceptors (Lipinski definition) is 2. The number of rotatable bonds is 1. The molecule has 0 saturated heterocycles. The minimum atomic E-state index is -1.68. The molecule has 0 aliphatic rings. The van der Waals surface area contributed by atoms with Crippen molar-refractivity contribution in [3.8, 4) is 0 Å². The van der Waals surface area contributed by atoms with Crippen LogP contribution in [0.5, 0.6) is 0 Å². The summed E-state index contributed by atoms with van der Waals surface area (Å²) in [7, 11) is 4.89. The summed E-state index contributed by atoms with van der Waals surface area (Å²) in [4.78, 5) is 12.6. The summed E-state index contributed by atoms with van der Waals surface area (Å²) in [6.45, 7) is 0. The molecule has 0 amide bonds. The smallest absolute Gasteiger partial charge is 0.252 e. The summed E-state index contributed by atoms with van der Waals surface area (Å²) in [5.74, 6) is -4.61. The van der Waals surface area contributed by atoms with Crippen molar-refractivity contribution in [3.63, 3.8) is 0 Å². The van der Waals surface area contributed by atoms with Crippen LogP contribution in [0, 0.1) is 17.7 Å². The van der Waals surface area contributed by atoms with Crippen molar-refractivity contribution in [1.29, 1.82) is 0 Å². The quantitative estimate of drug-likeness (QED) is 0.340. The van der Waals surface area contributed by atoms with Gasteiger partial charge in [0, 0.05) is 5.56 Å². The maximum atomic E-state index is 12.5. The van der Waals surface area contributed by atoms with Gasteiger partial charge in [-0.1, -0.05) is 0 Å². The Kier molecular flexibility index (Phi) is 2.17. The summed E-state index contributed by atoms with van der Waals surface area (Å²) >= 11 is 0. The molecule has 0 fully saturated rings. The van der Waals surface area contributed by atoms with E-state index in [0.717, 1.165) is 0 Å². The van der Waals surface area contributed by atoms with Crippen LogP contribution in [0.1, 0.15) is 10.4 Å². The van der Waals surface area contributed by atoms with Crippen LogP contribution < -0.4 is 5.46 Å². The van der Waals surface area contributed by atoms with Gasteiger partial charge >= 0.3 is 0 Å². The first-order valence-corrected chi connectivity index (χ1v) is 2.83. The van der Waals surface area contributed by atoms with Crippen molar-refractivity contribution in [2.45, 2.75) is 0 Å². The van der Waals surface area contributed by atoms with Gasteiger partial charge in [-0.25, -0.2) is 9.85 Å². The summed E-state index contributed by atoms with van der Waals surface area (Å²) in [6.07, 6.45) is -0.0709. The molecule has 0 saturated carbocycles. The van der Waals surface area contributed by atoms with Gasteiger partial charge in [0.1, 0.15) is 6.29 Å². The Labute approximate surface area is 66.8 Å². The topological polar surface area (TPSA) is 30.0 Å². The summed E-state index contributed by atoms with van der Waals surface area (Å²) < 4.78 is 37.2. The molecule has 0 aliphatic heterocycles. The minimum absolute atomic E-state index is 0.0709. The highest BCUT2D eigenvalue weighted by atomic mass is 19.2. The zero-order chi connectivity index (χ0) is 9.30. The van der Waals surface area contributed by atoms with Gasteiger partial charge in [0.15, 0.2) is 11.8 Å². The third-order valence-electron chi connectivity index (χ3n) is 1.24. The maximum absolute atomic E-state index is 12.5. The molecular weight excluding hydrogens is 170 g/mol. The van der Waals surface area contributed by atoms with Gasteiger partial charge in [-0.3, -0.25) is 4.79 Å². The molecule has 0 spiro atoms. The Bertz CT molecular complexity index is 316. The molecule has 1 heterocycles. The maximum Gasteiger partial charge on any atom is 0.252 e. The summed E-state index contributed by atoms with van der Waals surface area (Å²) in [6, 6.07) is 0. The number of carbonyl (C=O) groups is 1. The van der Waals surface area contributed by atoms with Crippen molar-refractivity contribution in [2.75, 3.05) is 0 Å². The Morgan fingerprint density at radius 1 is 1.25 bits per heavy atom. The highest BCUT2D eigenvalue weighted by Gasteiger charge is 2.10. The molecule has 1 rings (SSSR count). The fraction of sp³-hybridized carbons (Fsp3) is 0. The third-order valence-corrected chi connectivity index (χ3v) is 1.24. The van der Waals surface area contributed by atoms with E-state index in [1.165, 1.54) is 0 Å². The van der Waals surface area contributed by atoms with E-state index in [0.29, 0.717) is 0 Å². The molecule has 3 radical (unpaired) electrons. The standard InChI is InChI=1S/C6HBF3NO/c7-3-2(1-12)4(8)6(10)11-5(3)9/h1H/q-1. The van der Waals surface area contributed by atoms with Crippen molar-refractivity contribution < 1.29 is 18.0 Å². The molecule has 0 atom stereocenters. The normalized spacial score (nSPS) is 10.0. The lowest BCUT2D eigenvalue weighted by Crippen LogP contribution is -2.20. The lowest BCUT2D eigenvalue weighted by atomic mass is 9.92. The first-order valence-electron chi connectivity index (χ1n) is 2.83. The summed E-state index contributed by atoms with van der Waals surface area (Å²) in [5.41, 5.74) is -1.64. The highest BCUT2D eigenvalue weighted by Crippen LogP contribution is 2.05. The molecule has 61 valence electrons. The number of carbonyl (C=O) groups excluding carboxylic acids is 1. The van der Waals surface area contributed by atoms with Crippen LogP contribution in [-0.2, 0) is 0 Å². The lowest BCUT2D eigenvalue weighted by molar-refractivity contribution is 0.111. The molecule has 0 N–H and O–H groups in total. The van der Waals surface area contributed by atoms with Crippen LogP contribution in [0.25, 0.3) is 0 Å². The number of hydrogen-bond donors (Lipinski definition) is 0. The second-order valence-electron chi connectivity index (χ2n) is 1.95. The molecule has 0 bridgehead atoms. The Morgan fingerprint density at radius 2 is 1.83 bits per heavy atom. The third kappa shape index (κ3) is 1.20. The molecule has 0 aliphatic carbocycles. The zero-order valence-corrected chi connectivity index (χ0v) is 5.64. The van der Waals surface area contributed by atoms with E-state index in [9.17, 15) is 18.0 Å². The monoisotopic (exact) mass is 171 g/mol. The molecule has 0 unspecified atom stereocenters. The molecule has 0 aromatic carbocycles. The molecule has 1 aromatic rings. The average molecular weight is 171 g/mol. The van der Waals surface area contributed by atoms with E-state index < -0.39 is 28.7 Å². The van der Waals surface area contributed by atoms with Crippen LogP contribution in [-0.4, -0.2) is 19.1 Å². The van der Waals surface area contributed by atoms with Gasteiger partial charge in [0.25, 0.3) is 5.95 Å². The first-order chi connectivity index (χ1) is 5.57. The Hall–Kier alpha value is -1.33. The van der Waals surface area contributed by atoms with Gasteiger partial charge < -0.3 is 7.85 Å². The Morgan fingerprint density at radius 3 is 2.33 bits per heavy atom. The van der Waals surface area contributed by atoms with Crippen LogP contribution in [0.2, 0.25) is 0 Å². The van der Waals surface area contributed by atoms with Crippen LogP contribution in [0.4, 0.5) is 13.2 Å². The molecule has 2 nitrogen and oxygen atoms in total. The average Bonchev–Trinajstić information content (AvgIpc) is 2.02. The second-order valence-corrected chi connectivity index (χ2v) is 1.95. The van der Waals surface area contributed by atoms with Crippen LogP contribution >= 0.6 is 0 Å². The van der Waals surface area contributed by atoms with Gasteiger partial charge in [-0.05, 0) is 0 Å². The number of aromatic nitrogens is 1. The molecule has 1 aromatic heterocycles. The van der Waals surface area contributed by atoms with E-state index in [4.69, 9.17) is 7.85 Å². The number of aldehydes is 1. The summed E-state index contributed by atoms with van der Waals surface area (Å²) in [5, 5.41) is 0. The highest BCUT2D eigenvalue weighted by molar-refractivity contribution is 6.35. The Balaban J connectivity index is 3.52. The molecule has 6 heteroatoms.